The van der Waals surface area contributed by atoms with E-state index in [-0.39, 0.29) is 0 Å². The minimum absolute atomic E-state index is 0.998. The van der Waals surface area contributed by atoms with Crippen LogP contribution in [0.1, 0.15) is 32.6 Å². The summed E-state index contributed by atoms with van der Waals surface area (Å²) in [5, 5.41) is 10.0. The third-order valence-corrected chi connectivity index (χ3v) is 3.82. The highest BCUT2D eigenvalue weighted by Gasteiger charge is 2.25. The Kier molecular flexibility index (Phi) is 5.80. The molecule has 1 aromatic rings. The lowest BCUT2D eigenvalue weighted by molar-refractivity contribution is -0.897. The summed E-state index contributed by atoms with van der Waals surface area (Å²) in [7, 11) is -2.40. The van der Waals surface area contributed by atoms with Gasteiger partial charge in [-0.3, -0.25) is 10.3 Å². The van der Waals surface area contributed by atoms with Gasteiger partial charge in [-0.1, -0.05) is 17.2 Å². The van der Waals surface area contributed by atoms with Crippen molar-refractivity contribution in [3.05, 3.63) is 0 Å². The Morgan fingerprint density at radius 1 is 1.37 bits per heavy atom. The number of hydrogen-bond donors (Lipinski definition) is 0. The Bertz CT molecular complexity index is 456. The average Bonchev–Trinajstić information content (AvgIpc) is 2.97. The van der Waals surface area contributed by atoms with E-state index in [0.717, 1.165) is 0 Å². The molecule has 0 unspecified atom stereocenters. The zero-order chi connectivity index (χ0) is 14.4. The molecule has 0 radical (unpaired) electrons. The van der Waals surface area contributed by atoms with Gasteiger partial charge in [0.25, 0.3) is 0 Å². The van der Waals surface area contributed by atoms with Gasteiger partial charge in [-0.05, 0) is 6.42 Å². The highest BCUT2D eigenvalue weighted by Crippen LogP contribution is 2.16. The lowest BCUT2D eigenvalue weighted by atomic mass is 10.3. The first-order valence-corrected chi connectivity index (χ1v) is 7.73. The van der Waals surface area contributed by atoms with Gasteiger partial charge in [-0.2, -0.15) is 13.6 Å². The maximum Gasteiger partial charge on any atom is 0.339 e. The topological polar surface area (TPSA) is 86.9 Å². The summed E-state index contributed by atoms with van der Waals surface area (Å²) in [4.78, 5) is 0. The SMILES string of the molecule is CCCC[N+]1(C)CCCC1.O=S(=O)(F)c1nnn[n-]1. The quantitative estimate of drug-likeness (QED) is 0.594. The summed E-state index contributed by atoms with van der Waals surface area (Å²) in [5.41, 5.74) is 0. The van der Waals surface area contributed by atoms with Crippen molar-refractivity contribution in [2.24, 2.45) is 0 Å². The predicted octanol–water partition coefficient (Wildman–Crippen LogP) is 0.514. The molecule has 0 bridgehead atoms. The Hall–Kier alpha value is -1.09. The normalized spacial score (nSPS) is 17.8. The monoisotopic (exact) mass is 293 g/mol. The molecule has 1 fully saturated rings. The maximum atomic E-state index is 11.7. The minimum Gasteiger partial charge on any atom is -0.326 e. The number of aromatic nitrogens is 4. The molecule has 2 heterocycles. The third kappa shape index (κ3) is 5.60. The van der Waals surface area contributed by atoms with Gasteiger partial charge in [0.1, 0.15) is 0 Å². The molecule has 0 atom stereocenters. The van der Waals surface area contributed by atoms with Gasteiger partial charge >= 0.3 is 10.2 Å². The van der Waals surface area contributed by atoms with Crippen LogP contribution in [0, 0.1) is 0 Å². The van der Waals surface area contributed by atoms with Gasteiger partial charge in [0, 0.05) is 12.8 Å². The maximum absolute atomic E-state index is 11.7. The van der Waals surface area contributed by atoms with Crippen LogP contribution in [0.3, 0.4) is 0 Å². The summed E-state index contributed by atoms with van der Waals surface area (Å²) in [6.07, 6.45) is 5.69. The van der Waals surface area contributed by atoms with E-state index in [1.807, 2.05) is 0 Å². The van der Waals surface area contributed by atoms with E-state index in [2.05, 4.69) is 34.6 Å². The predicted molar refractivity (Wildman–Crippen MR) is 66.4 cm³/mol. The highest BCUT2D eigenvalue weighted by molar-refractivity contribution is 7.86. The number of hydrogen-bond acceptors (Lipinski definition) is 5. The van der Waals surface area contributed by atoms with Crippen molar-refractivity contribution in [2.45, 2.75) is 37.8 Å². The largest absolute Gasteiger partial charge is 0.339 e. The number of likely N-dealkylation sites (tertiary alicyclic amines) is 1. The second kappa shape index (κ2) is 6.90. The molecule has 7 nitrogen and oxygen atoms in total. The van der Waals surface area contributed by atoms with E-state index in [0.29, 0.717) is 0 Å². The van der Waals surface area contributed by atoms with Crippen LogP contribution < -0.4 is 5.10 Å². The van der Waals surface area contributed by atoms with E-state index in [1.165, 1.54) is 49.8 Å². The summed E-state index contributed by atoms with van der Waals surface area (Å²) < 4.78 is 32.7. The van der Waals surface area contributed by atoms with Crippen molar-refractivity contribution in [3.63, 3.8) is 0 Å². The summed E-state index contributed by atoms with van der Waals surface area (Å²) in [6, 6.07) is 0. The molecule has 0 saturated carbocycles. The average molecular weight is 293 g/mol. The van der Waals surface area contributed by atoms with Crippen molar-refractivity contribution in [2.75, 3.05) is 26.7 Å². The Morgan fingerprint density at radius 3 is 2.37 bits per heavy atom. The highest BCUT2D eigenvalue weighted by atomic mass is 32.3. The molecule has 1 aliphatic heterocycles. The van der Waals surface area contributed by atoms with Crippen LogP contribution in [0.25, 0.3) is 0 Å². The fourth-order valence-electron chi connectivity index (χ4n) is 2.10. The van der Waals surface area contributed by atoms with Crippen LogP contribution in [0.5, 0.6) is 0 Å². The zero-order valence-electron chi connectivity index (χ0n) is 11.3. The van der Waals surface area contributed by atoms with Crippen LogP contribution in [-0.2, 0) is 10.2 Å². The molecule has 1 aliphatic rings. The summed E-state index contributed by atoms with van der Waals surface area (Å²) in [5.74, 6) is 0. The molecule has 0 aromatic carbocycles. The third-order valence-electron chi connectivity index (χ3n) is 3.22. The van der Waals surface area contributed by atoms with E-state index < -0.39 is 15.4 Å². The van der Waals surface area contributed by atoms with Gasteiger partial charge in [0.2, 0.25) is 0 Å². The lowest BCUT2D eigenvalue weighted by Gasteiger charge is -2.28. The first-order valence-electron chi connectivity index (χ1n) is 6.34. The van der Waals surface area contributed by atoms with Crippen LogP contribution in [-0.4, -0.2) is 55.1 Å². The molecule has 19 heavy (non-hydrogen) atoms. The number of tetrazole rings is 1. The van der Waals surface area contributed by atoms with Crippen LogP contribution >= 0.6 is 0 Å². The molecule has 0 spiro atoms. The molecule has 0 amide bonds. The fraction of sp³-hybridized carbons (Fsp3) is 0.900. The first-order chi connectivity index (χ1) is 8.87. The van der Waals surface area contributed by atoms with E-state index >= 15 is 0 Å². The van der Waals surface area contributed by atoms with Crippen molar-refractivity contribution in [3.8, 4) is 0 Å². The molecular weight excluding hydrogens is 273 g/mol. The first kappa shape index (κ1) is 16.0. The molecule has 2 rings (SSSR count). The van der Waals surface area contributed by atoms with Gasteiger partial charge < -0.3 is 9.58 Å². The van der Waals surface area contributed by atoms with E-state index in [9.17, 15) is 12.3 Å². The second-order valence-electron chi connectivity index (χ2n) is 4.95. The van der Waals surface area contributed by atoms with Gasteiger partial charge in [0.15, 0.2) is 5.16 Å². The molecule has 1 saturated heterocycles. The Balaban J connectivity index is 0.000000191. The van der Waals surface area contributed by atoms with E-state index in [4.69, 9.17) is 0 Å². The molecule has 110 valence electrons. The Labute approximate surface area is 113 Å². The number of halogens is 1. The second-order valence-corrected chi connectivity index (χ2v) is 6.19. The van der Waals surface area contributed by atoms with Crippen LogP contribution in [0.4, 0.5) is 3.89 Å². The van der Waals surface area contributed by atoms with Gasteiger partial charge in [0.05, 0.1) is 26.7 Å². The van der Waals surface area contributed by atoms with Gasteiger partial charge in [-0.25, -0.2) is 0 Å². The van der Waals surface area contributed by atoms with Crippen molar-refractivity contribution in [1.82, 2.24) is 20.6 Å². The summed E-state index contributed by atoms with van der Waals surface area (Å²) in [6.45, 7) is 6.55. The smallest absolute Gasteiger partial charge is 0.326 e. The number of unbranched alkanes of at least 4 members (excludes halogenated alkanes) is 1. The summed E-state index contributed by atoms with van der Waals surface area (Å²) >= 11 is 0. The van der Waals surface area contributed by atoms with Crippen molar-refractivity contribution >= 4 is 10.2 Å². The molecule has 9 heteroatoms. The Morgan fingerprint density at radius 2 is 2.00 bits per heavy atom. The van der Waals surface area contributed by atoms with Crippen LogP contribution in [0.2, 0.25) is 0 Å². The number of quaternary nitrogens is 1. The number of nitrogens with zero attached hydrogens (tertiary/aromatic N) is 5. The zero-order valence-corrected chi connectivity index (χ0v) is 12.1. The number of rotatable bonds is 4. The molecule has 0 N–H and O–H groups in total. The standard InChI is InChI=1S/C9H20N.CFN4O2S/c1-3-4-7-10(2)8-5-6-9-10;2-9(7,8)1-3-5-6-4-1/h3-9H2,1-2H3;/q+1;-1. The minimum atomic E-state index is -4.81. The van der Waals surface area contributed by atoms with Crippen LogP contribution in [0.15, 0.2) is 5.16 Å². The van der Waals surface area contributed by atoms with Crippen molar-refractivity contribution in [1.29, 1.82) is 0 Å². The molecular formula is C10H20FN5O2S. The fourth-order valence-corrected chi connectivity index (χ4v) is 2.36. The van der Waals surface area contributed by atoms with Crippen molar-refractivity contribution < 1.29 is 16.8 Å². The molecule has 1 aromatic heterocycles. The molecule has 0 aliphatic carbocycles. The lowest BCUT2D eigenvalue weighted by Crippen LogP contribution is -2.41. The van der Waals surface area contributed by atoms with E-state index in [1.54, 1.807) is 0 Å². The van der Waals surface area contributed by atoms with Gasteiger partial charge in [-0.15, -0.1) is 0 Å².